The highest BCUT2D eigenvalue weighted by molar-refractivity contribution is 9.10. The van der Waals surface area contributed by atoms with Gasteiger partial charge < -0.3 is 10.3 Å². The number of benzene rings is 1. The van der Waals surface area contributed by atoms with Gasteiger partial charge in [-0.25, -0.2) is 0 Å². The topological polar surface area (TPSA) is 68.2 Å². The van der Waals surface area contributed by atoms with Gasteiger partial charge in [-0.15, -0.1) is 12.4 Å². The van der Waals surface area contributed by atoms with Gasteiger partial charge in [0.25, 0.3) is 0 Å². The monoisotopic (exact) mass is 400 g/mol. The smallest absolute Gasteiger partial charge is 0.241 e. The Kier molecular flexibility index (Phi) is 6.59. The van der Waals surface area contributed by atoms with E-state index in [-0.39, 0.29) is 12.4 Å². The molecular weight excluding hydrogens is 380 g/mol. The summed E-state index contributed by atoms with van der Waals surface area (Å²) < 4.78 is 6.43. The molecule has 1 fully saturated rings. The maximum Gasteiger partial charge on any atom is 0.241 e. The molecule has 1 aliphatic heterocycles. The molecule has 0 amide bonds. The zero-order valence-corrected chi connectivity index (χ0v) is 15.5. The van der Waals surface area contributed by atoms with E-state index >= 15 is 0 Å². The molecule has 7 heteroatoms. The molecule has 2 atom stereocenters. The van der Waals surface area contributed by atoms with E-state index in [2.05, 4.69) is 37.9 Å². The first-order valence-corrected chi connectivity index (χ1v) is 8.49. The molecule has 2 heterocycles. The summed E-state index contributed by atoms with van der Waals surface area (Å²) in [7, 11) is 0. The van der Waals surface area contributed by atoms with Crippen molar-refractivity contribution >= 4 is 28.3 Å². The van der Waals surface area contributed by atoms with Crippen LogP contribution in [0.25, 0.3) is 11.4 Å². The molecule has 3 rings (SSSR count). The first-order valence-electron chi connectivity index (χ1n) is 7.70. The molecule has 1 aliphatic rings. The lowest BCUT2D eigenvalue weighted by atomic mass is 9.91. The highest BCUT2D eigenvalue weighted by atomic mass is 79.9. The van der Waals surface area contributed by atoms with Crippen molar-refractivity contribution in [1.82, 2.24) is 15.0 Å². The highest BCUT2D eigenvalue weighted by Crippen LogP contribution is 2.25. The normalized spacial score (nSPS) is 21.9. The van der Waals surface area contributed by atoms with Gasteiger partial charge in [0.1, 0.15) is 0 Å². The molecule has 0 aliphatic carbocycles. The number of likely N-dealkylation sites (tertiary alicyclic amines) is 1. The number of aromatic nitrogens is 2. The summed E-state index contributed by atoms with van der Waals surface area (Å²) in [6, 6.07) is 8.30. The van der Waals surface area contributed by atoms with Gasteiger partial charge >= 0.3 is 0 Å². The lowest BCUT2D eigenvalue weighted by Gasteiger charge is -2.38. The van der Waals surface area contributed by atoms with E-state index < -0.39 is 0 Å². The molecule has 0 spiro atoms. The second kappa shape index (κ2) is 8.24. The Balaban J connectivity index is 0.00000192. The Hall–Kier alpha value is -0.950. The number of hydrogen-bond donors (Lipinski definition) is 1. The van der Waals surface area contributed by atoms with Crippen LogP contribution < -0.4 is 5.73 Å². The van der Waals surface area contributed by atoms with E-state index in [1.54, 1.807) is 0 Å². The Bertz CT molecular complexity index is 636. The Labute approximate surface area is 151 Å². The van der Waals surface area contributed by atoms with Gasteiger partial charge in [0.05, 0.1) is 6.54 Å². The van der Waals surface area contributed by atoms with Crippen LogP contribution in [0.4, 0.5) is 0 Å². The number of hydrogen-bond acceptors (Lipinski definition) is 5. The summed E-state index contributed by atoms with van der Waals surface area (Å²) in [6.07, 6.45) is 2.44. The van der Waals surface area contributed by atoms with Crippen LogP contribution in [0.2, 0.25) is 0 Å². The zero-order valence-electron chi connectivity index (χ0n) is 13.1. The number of nitrogens with two attached hydrogens (primary N) is 1. The largest absolute Gasteiger partial charge is 0.338 e. The summed E-state index contributed by atoms with van der Waals surface area (Å²) in [5, 5.41) is 4.10. The number of nitrogens with zero attached hydrogens (tertiary/aromatic N) is 3. The molecule has 0 bridgehead atoms. The molecule has 2 aromatic rings. The second-order valence-electron chi connectivity index (χ2n) is 5.92. The summed E-state index contributed by atoms with van der Waals surface area (Å²) in [5.41, 5.74) is 6.89. The molecule has 126 valence electrons. The second-order valence-corrected chi connectivity index (χ2v) is 6.83. The highest BCUT2D eigenvalue weighted by Gasteiger charge is 2.28. The van der Waals surface area contributed by atoms with Gasteiger partial charge in [0, 0.05) is 22.6 Å². The van der Waals surface area contributed by atoms with E-state index in [4.69, 9.17) is 10.3 Å². The third-order valence-corrected chi connectivity index (χ3v) is 4.85. The summed E-state index contributed by atoms with van der Waals surface area (Å²) >= 11 is 3.46. The van der Waals surface area contributed by atoms with Gasteiger partial charge in [0.2, 0.25) is 11.7 Å². The lowest BCUT2D eigenvalue weighted by molar-refractivity contribution is 0.0874. The molecule has 1 saturated heterocycles. The molecule has 2 N–H and O–H groups in total. The third kappa shape index (κ3) is 4.32. The van der Waals surface area contributed by atoms with Crippen molar-refractivity contribution < 1.29 is 4.52 Å². The lowest BCUT2D eigenvalue weighted by Crippen LogP contribution is -2.48. The zero-order chi connectivity index (χ0) is 15.5. The third-order valence-electron chi connectivity index (χ3n) is 4.36. The van der Waals surface area contributed by atoms with E-state index in [1.165, 1.54) is 12.8 Å². The fraction of sp³-hybridized carbons (Fsp3) is 0.500. The van der Waals surface area contributed by atoms with Crippen molar-refractivity contribution in [2.24, 2.45) is 11.7 Å². The molecule has 0 saturated carbocycles. The average molecular weight is 402 g/mol. The fourth-order valence-corrected chi connectivity index (χ4v) is 3.55. The summed E-state index contributed by atoms with van der Waals surface area (Å²) in [5.74, 6) is 1.90. The molecule has 1 aromatic carbocycles. The van der Waals surface area contributed by atoms with Crippen molar-refractivity contribution in [1.29, 1.82) is 0 Å². The Morgan fingerprint density at radius 3 is 3.00 bits per heavy atom. The quantitative estimate of drug-likeness (QED) is 0.849. The van der Waals surface area contributed by atoms with Crippen LogP contribution in [0, 0.1) is 5.92 Å². The van der Waals surface area contributed by atoms with E-state index in [1.807, 2.05) is 24.3 Å². The van der Waals surface area contributed by atoms with Gasteiger partial charge in [0.15, 0.2) is 0 Å². The van der Waals surface area contributed by atoms with Gasteiger partial charge in [-0.3, -0.25) is 4.90 Å². The average Bonchev–Trinajstić information content (AvgIpc) is 2.96. The van der Waals surface area contributed by atoms with Gasteiger partial charge in [-0.05, 0) is 37.4 Å². The molecule has 0 radical (unpaired) electrons. The SMILES string of the molecule is CC1CCCN(Cc2nc(-c3cccc(Br)c3)no2)C1CN.Cl. The first kappa shape index (κ1) is 18.4. The predicted octanol–water partition coefficient (Wildman–Crippen LogP) is 3.48. The van der Waals surface area contributed by atoms with Crippen molar-refractivity contribution in [2.75, 3.05) is 13.1 Å². The maximum absolute atomic E-state index is 5.94. The van der Waals surface area contributed by atoms with Crippen LogP contribution in [-0.2, 0) is 6.54 Å². The maximum atomic E-state index is 5.94. The number of rotatable bonds is 4. The van der Waals surface area contributed by atoms with Gasteiger partial charge in [-0.2, -0.15) is 4.98 Å². The van der Waals surface area contributed by atoms with Crippen LogP contribution in [0.5, 0.6) is 0 Å². The minimum atomic E-state index is 0. The van der Waals surface area contributed by atoms with Crippen molar-refractivity contribution in [2.45, 2.75) is 32.4 Å². The van der Waals surface area contributed by atoms with Crippen LogP contribution in [0.1, 0.15) is 25.7 Å². The molecular formula is C16H22BrClN4O. The van der Waals surface area contributed by atoms with E-state index in [9.17, 15) is 0 Å². The van der Waals surface area contributed by atoms with Crippen LogP contribution in [0.3, 0.4) is 0 Å². The standard InChI is InChI=1S/C16H21BrN4O.ClH/c1-11-4-3-7-21(14(11)9-18)10-15-19-16(20-22-15)12-5-2-6-13(17)8-12;/h2,5-6,8,11,14H,3-4,7,9-10,18H2,1H3;1H. The molecule has 2 unspecified atom stereocenters. The number of piperidine rings is 1. The Morgan fingerprint density at radius 2 is 2.26 bits per heavy atom. The van der Waals surface area contributed by atoms with Crippen molar-refractivity contribution in [3.63, 3.8) is 0 Å². The van der Waals surface area contributed by atoms with E-state index in [0.29, 0.717) is 36.8 Å². The van der Waals surface area contributed by atoms with Crippen LogP contribution in [0.15, 0.2) is 33.3 Å². The number of halogens is 2. The summed E-state index contributed by atoms with van der Waals surface area (Å²) in [4.78, 5) is 6.90. The van der Waals surface area contributed by atoms with Crippen molar-refractivity contribution in [3.05, 3.63) is 34.6 Å². The molecule has 1 aromatic heterocycles. The Morgan fingerprint density at radius 1 is 1.43 bits per heavy atom. The first-order chi connectivity index (χ1) is 10.7. The minimum absolute atomic E-state index is 0. The van der Waals surface area contributed by atoms with E-state index in [0.717, 1.165) is 16.6 Å². The molecule has 23 heavy (non-hydrogen) atoms. The minimum Gasteiger partial charge on any atom is -0.338 e. The summed E-state index contributed by atoms with van der Waals surface area (Å²) in [6.45, 7) is 4.66. The fourth-order valence-electron chi connectivity index (χ4n) is 3.15. The van der Waals surface area contributed by atoms with Crippen molar-refractivity contribution in [3.8, 4) is 11.4 Å². The van der Waals surface area contributed by atoms with Crippen LogP contribution >= 0.6 is 28.3 Å². The molecule has 5 nitrogen and oxygen atoms in total. The van der Waals surface area contributed by atoms with Gasteiger partial charge in [-0.1, -0.05) is 40.1 Å². The van der Waals surface area contributed by atoms with Crippen LogP contribution in [-0.4, -0.2) is 34.2 Å². The predicted molar refractivity (Wildman–Crippen MR) is 96.3 cm³/mol.